The van der Waals surface area contributed by atoms with E-state index in [2.05, 4.69) is 10.5 Å². The lowest BCUT2D eigenvalue weighted by Crippen LogP contribution is -2.33. The van der Waals surface area contributed by atoms with E-state index in [9.17, 15) is 19.3 Å². The number of nitrogens with one attached hydrogen (secondary N) is 1. The van der Waals surface area contributed by atoms with Gasteiger partial charge in [0.2, 0.25) is 5.91 Å². The second-order valence-corrected chi connectivity index (χ2v) is 7.97. The molecule has 0 aromatic heterocycles. The van der Waals surface area contributed by atoms with E-state index >= 15 is 0 Å². The zero-order valence-corrected chi connectivity index (χ0v) is 18.4. The molecule has 2 aliphatic heterocycles. The number of amides is 2. The van der Waals surface area contributed by atoms with Crippen molar-refractivity contribution in [2.24, 2.45) is 5.18 Å². The molecule has 34 heavy (non-hydrogen) atoms. The van der Waals surface area contributed by atoms with Crippen LogP contribution >= 0.6 is 0 Å². The van der Waals surface area contributed by atoms with Crippen LogP contribution in [0.15, 0.2) is 72.1 Å². The SMILES string of the molecule is O=NCc1ccc(C=CC(=O)NC[C@H]2CN(c3ccc(N4C=CC(=O)CC4)cc3)C(=O)O2)cc1. The number of rotatable bonds is 8. The van der Waals surface area contributed by atoms with E-state index < -0.39 is 12.2 Å². The molecule has 0 aliphatic carbocycles. The fourth-order valence-corrected chi connectivity index (χ4v) is 3.69. The molecule has 1 atom stereocenters. The van der Waals surface area contributed by atoms with E-state index in [0.717, 1.165) is 16.8 Å². The molecule has 1 N–H and O–H groups in total. The van der Waals surface area contributed by atoms with Crippen molar-refractivity contribution in [1.82, 2.24) is 5.32 Å². The molecule has 9 nitrogen and oxygen atoms in total. The summed E-state index contributed by atoms with van der Waals surface area (Å²) in [4.78, 5) is 49.6. The van der Waals surface area contributed by atoms with Crippen molar-refractivity contribution in [2.75, 3.05) is 29.4 Å². The fraction of sp³-hybridized carbons (Fsp3) is 0.240. The molecule has 2 heterocycles. The molecule has 174 valence electrons. The number of cyclic esters (lactones) is 1. The predicted molar refractivity (Wildman–Crippen MR) is 128 cm³/mol. The summed E-state index contributed by atoms with van der Waals surface area (Å²) in [6.07, 6.45) is 5.94. The molecule has 2 aromatic carbocycles. The van der Waals surface area contributed by atoms with Crippen LogP contribution in [0.1, 0.15) is 17.5 Å². The third-order valence-corrected chi connectivity index (χ3v) is 5.56. The summed E-state index contributed by atoms with van der Waals surface area (Å²) in [5.41, 5.74) is 3.26. The van der Waals surface area contributed by atoms with E-state index in [1.165, 1.54) is 11.0 Å². The minimum Gasteiger partial charge on any atom is -0.442 e. The number of hydrogen-bond donors (Lipinski definition) is 1. The third-order valence-electron chi connectivity index (χ3n) is 5.56. The Kier molecular flexibility index (Phi) is 7.12. The summed E-state index contributed by atoms with van der Waals surface area (Å²) in [5, 5.41) is 5.59. The number of benzene rings is 2. The Morgan fingerprint density at radius 2 is 1.82 bits per heavy atom. The number of ether oxygens (including phenoxy) is 1. The Bertz CT molecular complexity index is 1120. The largest absolute Gasteiger partial charge is 0.442 e. The van der Waals surface area contributed by atoms with Gasteiger partial charge in [-0.05, 0) is 47.5 Å². The van der Waals surface area contributed by atoms with Gasteiger partial charge in [-0.3, -0.25) is 14.5 Å². The maximum absolute atomic E-state index is 12.3. The second kappa shape index (κ2) is 10.6. The number of carbonyl (C=O) groups is 3. The van der Waals surface area contributed by atoms with Crippen LogP contribution < -0.4 is 15.1 Å². The number of carbonyl (C=O) groups excluding carboxylic acids is 3. The van der Waals surface area contributed by atoms with E-state index in [1.807, 2.05) is 29.2 Å². The molecule has 2 amide bonds. The Balaban J connectivity index is 1.27. The van der Waals surface area contributed by atoms with Crippen molar-refractivity contribution in [2.45, 2.75) is 19.1 Å². The minimum absolute atomic E-state index is 0.115. The molecule has 1 saturated heterocycles. The van der Waals surface area contributed by atoms with Gasteiger partial charge in [0.05, 0.1) is 13.1 Å². The van der Waals surface area contributed by atoms with Crippen LogP contribution in [0.5, 0.6) is 0 Å². The van der Waals surface area contributed by atoms with Crippen molar-refractivity contribution < 1.29 is 19.1 Å². The molecule has 2 aromatic rings. The Labute approximate surface area is 196 Å². The summed E-state index contributed by atoms with van der Waals surface area (Å²) in [5.74, 6) is -0.186. The highest BCUT2D eigenvalue weighted by atomic mass is 16.6. The highest BCUT2D eigenvalue weighted by Gasteiger charge is 2.32. The summed E-state index contributed by atoms with van der Waals surface area (Å²) < 4.78 is 5.39. The maximum atomic E-state index is 12.3. The van der Waals surface area contributed by atoms with E-state index in [0.29, 0.717) is 25.2 Å². The number of allylic oxidation sites excluding steroid dienone is 1. The molecule has 0 unspecified atom stereocenters. The van der Waals surface area contributed by atoms with Crippen LogP contribution in [0.3, 0.4) is 0 Å². The van der Waals surface area contributed by atoms with Crippen molar-refractivity contribution in [3.63, 3.8) is 0 Å². The average Bonchev–Trinajstić information content (AvgIpc) is 3.23. The topological polar surface area (TPSA) is 108 Å². The first kappa shape index (κ1) is 22.9. The fourth-order valence-electron chi connectivity index (χ4n) is 3.69. The molecule has 1 fully saturated rings. The first-order valence-electron chi connectivity index (χ1n) is 10.9. The maximum Gasteiger partial charge on any atom is 0.414 e. The van der Waals surface area contributed by atoms with E-state index in [-0.39, 0.29) is 24.8 Å². The van der Waals surface area contributed by atoms with Gasteiger partial charge in [0, 0.05) is 36.6 Å². The van der Waals surface area contributed by atoms with Gasteiger partial charge in [0.25, 0.3) is 0 Å². The zero-order chi connectivity index (χ0) is 23.9. The van der Waals surface area contributed by atoms with Crippen molar-refractivity contribution in [3.05, 3.63) is 82.9 Å². The van der Waals surface area contributed by atoms with Gasteiger partial charge in [-0.2, -0.15) is 4.91 Å². The molecular weight excluding hydrogens is 436 g/mol. The summed E-state index contributed by atoms with van der Waals surface area (Å²) in [6, 6.07) is 14.6. The lowest BCUT2D eigenvalue weighted by molar-refractivity contribution is -0.117. The number of nitrogens with zero attached hydrogens (tertiary/aromatic N) is 3. The van der Waals surface area contributed by atoms with Gasteiger partial charge in [-0.1, -0.05) is 29.4 Å². The Morgan fingerprint density at radius 3 is 2.50 bits per heavy atom. The normalized spacial score (nSPS) is 17.8. The summed E-state index contributed by atoms with van der Waals surface area (Å²) in [7, 11) is 0. The van der Waals surface area contributed by atoms with Crippen LogP contribution in [-0.2, 0) is 20.9 Å². The van der Waals surface area contributed by atoms with Crippen LogP contribution in [0.2, 0.25) is 0 Å². The highest BCUT2D eigenvalue weighted by Crippen LogP contribution is 2.26. The van der Waals surface area contributed by atoms with Crippen LogP contribution in [0, 0.1) is 4.91 Å². The van der Waals surface area contributed by atoms with Gasteiger partial charge in [0.15, 0.2) is 5.78 Å². The third kappa shape index (κ3) is 5.74. The molecule has 4 rings (SSSR count). The van der Waals surface area contributed by atoms with Crippen molar-refractivity contribution >= 4 is 35.2 Å². The zero-order valence-electron chi connectivity index (χ0n) is 18.4. The molecule has 2 aliphatic rings. The van der Waals surface area contributed by atoms with Gasteiger partial charge in [-0.25, -0.2) is 4.79 Å². The first-order chi connectivity index (χ1) is 16.5. The quantitative estimate of drug-likeness (QED) is 0.478. The minimum atomic E-state index is -0.462. The number of nitroso groups, excluding NO2 is 1. The molecule has 0 radical (unpaired) electrons. The van der Waals surface area contributed by atoms with Gasteiger partial charge in [0.1, 0.15) is 12.6 Å². The summed E-state index contributed by atoms with van der Waals surface area (Å²) in [6.45, 7) is 1.26. The molecule has 0 bridgehead atoms. The monoisotopic (exact) mass is 460 g/mol. The average molecular weight is 460 g/mol. The van der Waals surface area contributed by atoms with Crippen molar-refractivity contribution in [3.8, 4) is 0 Å². The smallest absolute Gasteiger partial charge is 0.414 e. The Morgan fingerprint density at radius 1 is 1.09 bits per heavy atom. The number of anilines is 2. The lowest BCUT2D eigenvalue weighted by Gasteiger charge is -2.23. The molecular formula is C25H24N4O5. The standard InChI is InChI=1S/C25H24N4O5/c30-22-11-13-28(14-12-22)20-6-8-21(9-7-20)29-17-23(34-25(29)32)16-26-24(31)10-5-18-1-3-19(4-2-18)15-27-33/h1-11,13,23H,12,14-17H2,(H,26,31)/t23-/m0/s1. The molecule has 0 saturated carbocycles. The van der Waals surface area contributed by atoms with Crippen molar-refractivity contribution in [1.29, 1.82) is 0 Å². The lowest BCUT2D eigenvalue weighted by atomic mass is 10.1. The molecule has 9 heteroatoms. The highest BCUT2D eigenvalue weighted by molar-refractivity contribution is 5.93. The second-order valence-electron chi connectivity index (χ2n) is 7.97. The van der Waals surface area contributed by atoms with Gasteiger partial charge < -0.3 is 15.0 Å². The molecule has 0 spiro atoms. The number of ketones is 1. The number of hydrogen-bond acceptors (Lipinski definition) is 7. The van der Waals surface area contributed by atoms with Crippen LogP contribution in [0.25, 0.3) is 6.08 Å². The van der Waals surface area contributed by atoms with Crippen LogP contribution in [-0.4, -0.2) is 43.5 Å². The van der Waals surface area contributed by atoms with E-state index in [1.54, 1.807) is 42.6 Å². The predicted octanol–water partition coefficient (Wildman–Crippen LogP) is 3.40. The van der Waals surface area contributed by atoms with Crippen LogP contribution in [0.4, 0.5) is 16.2 Å². The first-order valence-corrected chi connectivity index (χ1v) is 10.9. The Hall–Kier alpha value is -4.27. The van der Waals surface area contributed by atoms with E-state index in [4.69, 9.17) is 4.74 Å². The van der Waals surface area contributed by atoms with Gasteiger partial charge in [-0.15, -0.1) is 0 Å². The van der Waals surface area contributed by atoms with Gasteiger partial charge >= 0.3 is 6.09 Å². The summed E-state index contributed by atoms with van der Waals surface area (Å²) >= 11 is 0.